The smallest absolute Gasteiger partial charge is 0.309 e. The summed E-state index contributed by atoms with van der Waals surface area (Å²) in [6, 6.07) is 42.6. The van der Waals surface area contributed by atoms with Gasteiger partial charge in [-0.15, -0.1) is 0 Å². The van der Waals surface area contributed by atoms with Crippen molar-refractivity contribution in [3.63, 3.8) is 0 Å². The zero-order chi connectivity index (χ0) is 46.4. The third kappa shape index (κ3) is 7.21. The van der Waals surface area contributed by atoms with Gasteiger partial charge in [-0.3, -0.25) is 0 Å². The zero-order valence-corrected chi connectivity index (χ0v) is 34.8. The molecule has 0 fully saturated rings. The Labute approximate surface area is 370 Å². The average Bonchev–Trinajstić information content (AvgIpc) is 3.79. The van der Waals surface area contributed by atoms with Crippen LogP contribution in [-0.4, -0.2) is 9.13 Å². The summed E-state index contributed by atoms with van der Waals surface area (Å²) in [6.07, 6.45) is -14.1. The molecule has 10 aromatic rings. The van der Waals surface area contributed by atoms with Gasteiger partial charge in [0.25, 0.3) is 0 Å². The lowest BCUT2D eigenvalue weighted by molar-refractivity contribution is -0.138. The molecule has 2 heterocycles. The van der Waals surface area contributed by atoms with E-state index in [-0.39, 0.29) is 16.9 Å². The monoisotopic (exact) mass is 893 g/mol. The molecular formula is C54H32F9N3. The van der Waals surface area contributed by atoms with Crippen LogP contribution in [0.1, 0.15) is 33.4 Å². The minimum Gasteiger partial charge on any atom is -0.309 e. The van der Waals surface area contributed by atoms with E-state index in [0.29, 0.717) is 88.1 Å². The van der Waals surface area contributed by atoms with Crippen LogP contribution >= 0.6 is 0 Å². The van der Waals surface area contributed by atoms with E-state index >= 15 is 13.2 Å². The average molecular weight is 894 g/mol. The predicted octanol–water partition coefficient (Wildman–Crippen LogP) is 16.4. The highest BCUT2D eigenvalue weighted by Gasteiger charge is 2.37. The fraction of sp³-hybridized carbons (Fsp3) is 0.0926. The van der Waals surface area contributed by atoms with E-state index < -0.39 is 35.2 Å². The lowest BCUT2D eigenvalue weighted by atomic mass is 9.97. The van der Waals surface area contributed by atoms with Crippen LogP contribution < -0.4 is 0 Å². The van der Waals surface area contributed by atoms with Crippen molar-refractivity contribution in [2.75, 3.05) is 0 Å². The summed E-state index contributed by atoms with van der Waals surface area (Å²) in [5, 5.41) is 12.3. The standard InChI is InChI=1S/C54H32F9N3/c1-30-18-36(23-38(20-30)52(55,56)57)33-14-16-48-43(25-33)40-10-3-5-12-46(40)65(48)50-28-45(54(61,62)63)51(27-42(50)35-9-7-8-32(22-35)29-64)66-47-13-6-4-11-41(47)44-26-34(15-17-49(44)66)37-19-31(2)21-39(24-37)53(58,59)60/h3-28H,1-2H3. The SMILES string of the molecule is Cc1cc(-c2ccc3c(c2)c2ccccc2n3-c2cc(C(F)(F)F)c(-n3c4ccccc4c4cc(-c5cc(C)cc(C(F)(F)F)c5)ccc43)cc2-c2cccc(C#N)c2)cc(C(F)(F)F)c1. The molecular weight excluding hydrogens is 862 g/mol. The Hall–Kier alpha value is -7.78. The number of para-hydroxylation sites is 2. The molecule has 0 spiro atoms. The Morgan fingerprint density at radius 3 is 1.36 bits per heavy atom. The first-order valence-corrected chi connectivity index (χ1v) is 20.6. The Kier molecular flexibility index (Phi) is 9.69. The Bertz CT molecular complexity index is 3650. The molecule has 12 heteroatoms. The number of nitrogens with zero attached hydrogens (tertiary/aromatic N) is 3. The van der Waals surface area contributed by atoms with Crippen molar-refractivity contribution in [2.24, 2.45) is 0 Å². The highest BCUT2D eigenvalue weighted by atomic mass is 19.4. The number of fused-ring (bicyclic) bond motifs is 6. The maximum atomic E-state index is 16.0. The van der Waals surface area contributed by atoms with Crippen LogP contribution in [0.3, 0.4) is 0 Å². The van der Waals surface area contributed by atoms with E-state index in [1.807, 2.05) is 0 Å². The predicted molar refractivity (Wildman–Crippen MR) is 241 cm³/mol. The molecule has 0 saturated carbocycles. The van der Waals surface area contributed by atoms with Gasteiger partial charge in [0.05, 0.1) is 61.8 Å². The summed E-state index contributed by atoms with van der Waals surface area (Å²) in [5.41, 5.74) is 2.40. The maximum Gasteiger partial charge on any atom is 0.418 e. The molecule has 66 heavy (non-hydrogen) atoms. The normalized spacial score (nSPS) is 12.5. The summed E-state index contributed by atoms with van der Waals surface area (Å²) >= 11 is 0. The minimum atomic E-state index is -4.95. The molecule has 3 nitrogen and oxygen atoms in total. The quantitative estimate of drug-likeness (QED) is 0.159. The van der Waals surface area contributed by atoms with Gasteiger partial charge in [-0.25, -0.2) is 0 Å². The largest absolute Gasteiger partial charge is 0.418 e. The molecule has 10 rings (SSSR count). The van der Waals surface area contributed by atoms with Crippen molar-refractivity contribution in [2.45, 2.75) is 32.4 Å². The summed E-state index contributed by atoms with van der Waals surface area (Å²) in [7, 11) is 0. The number of aryl methyl sites for hydroxylation is 2. The number of benzene rings is 8. The third-order valence-electron chi connectivity index (χ3n) is 12.0. The van der Waals surface area contributed by atoms with Crippen LogP contribution in [0.2, 0.25) is 0 Å². The Morgan fingerprint density at radius 1 is 0.394 bits per heavy atom. The van der Waals surface area contributed by atoms with Crippen molar-refractivity contribution in [1.82, 2.24) is 9.13 Å². The summed E-state index contributed by atoms with van der Waals surface area (Å²) < 4.78 is 135. The van der Waals surface area contributed by atoms with Gasteiger partial charge in [-0.05, 0) is 138 Å². The van der Waals surface area contributed by atoms with Gasteiger partial charge in [0, 0.05) is 27.1 Å². The fourth-order valence-corrected chi connectivity index (χ4v) is 9.21. The number of halogens is 9. The summed E-state index contributed by atoms with van der Waals surface area (Å²) in [6.45, 7) is 3.14. The van der Waals surface area contributed by atoms with Crippen LogP contribution in [0.5, 0.6) is 0 Å². The Balaban J connectivity index is 1.26. The van der Waals surface area contributed by atoms with Crippen LogP contribution in [0.4, 0.5) is 39.5 Å². The second kappa shape index (κ2) is 15.2. The highest BCUT2D eigenvalue weighted by Crippen LogP contribution is 2.46. The van der Waals surface area contributed by atoms with Gasteiger partial charge in [-0.2, -0.15) is 44.8 Å². The van der Waals surface area contributed by atoms with Gasteiger partial charge < -0.3 is 9.13 Å². The molecule has 0 aliphatic heterocycles. The minimum absolute atomic E-state index is 0.123. The fourth-order valence-electron chi connectivity index (χ4n) is 9.21. The first-order valence-electron chi connectivity index (χ1n) is 20.6. The molecule has 0 aliphatic rings. The molecule has 0 unspecified atom stereocenters. The molecule has 0 amide bonds. The number of aromatic nitrogens is 2. The number of hydrogen-bond acceptors (Lipinski definition) is 1. The van der Waals surface area contributed by atoms with E-state index in [4.69, 9.17) is 0 Å². The molecule has 0 atom stereocenters. The van der Waals surface area contributed by atoms with E-state index in [1.165, 1.54) is 10.6 Å². The maximum absolute atomic E-state index is 16.0. The Morgan fingerprint density at radius 2 is 0.879 bits per heavy atom. The van der Waals surface area contributed by atoms with Crippen molar-refractivity contribution >= 4 is 43.6 Å². The van der Waals surface area contributed by atoms with Crippen LogP contribution in [0.25, 0.3) is 88.4 Å². The first-order chi connectivity index (χ1) is 31.4. The highest BCUT2D eigenvalue weighted by molar-refractivity contribution is 6.12. The van der Waals surface area contributed by atoms with Crippen molar-refractivity contribution in [3.05, 3.63) is 191 Å². The number of alkyl halides is 9. The molecule has 2 aromatic heterocycles. The molecule has 8 aromatic carbocycles. The van der Waals surface area contributed by atoms with Gasteiger partial charge in [0.2, 0.25) is 0 Å². The van der Waals surface area contributed by atoms with Crippen molar-refractivity contribution in [3.8, 4) is 50.8 Å². The topological polar surface area (TPSA) is 33.6 Å². The molecule has 0 bridgehead atoms. The summed E-state index contributed by atoms with van der Waals surface area (Å²) in [4.78, 5) is 0. The molecule has 0 saturated heterocycles. The van der Waals surface area contributed by atoms with Gasteiger partial charge in [0.15, 0.2) is 0 Å². The molecule has 326 valence electrons. The second-order valence-corrected chi connectivity index (χ2v) is 16.4. The van der Waals surface area contributed by atoms with E-state index in [9.17, 15) is 31.6 Å². The lowest BCUT2D eigenvalue weighted by Crippen LogP contribution is -2.13. The molecule has 0 N–H and O–H groups in total. The summed E-state index contributed by atoms with van der Waals surface area (Å²) in [5.74, 6) is 0. The van der Waals surface area contributed by atoms with Gasteiger partial charge in [0.1, 0.15) is 0 Å². The van der Waals surface area contributed by atoms with E-state index in [2.05, 4.69) is 6.07 Å². The lowest BCUT2D eigenvalue weighted by Gasteiger charge is -2.22. The van der Waals surface area contributed by atoms with Crippen LogP contribution in [0.15, 0.2) is 158 Å². The third-order valence-corrected chi connectivity index (χ3v) is 12.0. The van der Waals surface area contributed by atoms with Crippen LogP contribution in [-0.2, 0) is 18.5 Å². The zero-order valence-electron chi connectivity index (χ0n) is 34.8. The van der Waals surface area contributed by atoms with Crippen LogP contribution in [0, 0.1) is 25.2 Å². The van der Waals surface area contributed by atoms with Gasteiger partial charge >= 0.3 is 18.5 Å². The van der Waals surface area contributed by atoms with E-state index in [1.54, 1.807) is 140 Å². The number of rotatable bonds is 5. The van der Waals surface area contributed by atoms with Gasteiger partial charge in [-0.1, -0.05) is 72.8 Å². The first kappa shape index (κ1) is 42.2. The van der Waals surface area contributed by atoms with E-state index in [0.717, 1.165) is 30.3 Å². The van der Waals surface area contributed by atoms with Crippen molar-refractivity contribution < 1.29 is 39.5 Å². The molecule has 0 radical (unpaired) electrons. The second-order valence-electron chi connectivity index (χ2n) is 16.4. The number of hydrogen-bond donors (Lipinski definition) is 0. The molecule has 0 aliphatic carbocycles. The number of nitriles is 1. The van der Waals surface area contributed by atoms with Crippen molar-refractivity contribution in [1.29, 1.82) is 5.26 Å².